The van der Waals surface area contributed by atoms with Crippen LogP contribution >= 0.6 is 11.8 Å². The van der Waals surface area contributed by atoms with Crippen molar-refractivity contribution in [3.63, 3.8) is 0 Å². The predicted octanol–water partition coefficient (Wildman–Crippen LogP) is 1.49. The summed E-state index contributed by atoms with van der Waals surface area (Å²) in [5, 5.41) is 12.9. The summed E-state index contributed by atoms with van der Waals surface area (Å²) in [6, 6.07) is 0.257. The highest BCUT2D eigenvalue weighted by Gasteiger charge is 2.44. The summed E-state index contributed by atoms with van der Waals surface area (Å²) in [6.45, 7) is 1.60. The van der Waals surface area contributed by atoms with Gasteiger partial charge in [0.25, 0.3) is 0 Å². The van der Waals surface area contributed by atoms with Crippen molar-refractivity contribution in [1.82, 2.24) is 5.32 Å². The number of nitrogens with zero attached hydrogens (tertiary/aromatic N) is 2. The van der Waals surface area contributed by atoms with Gasteiger partial charge in [-0.2, -0.15) is 0 Å². The number of hydrogen-bond acceptors (Lipinski definition) is 4. The average molecular weight is 255 g/mol. The number of carboxylic acid groups (broad SMARTS) is 1. The maximum absolute atomic E-state index is 11.3. The van der Waals surface area contributed by atoms with Crippen molar-refractivity contribution in [2.75, 3.05) is 6.26 Å². The Hall–Kier alpha value is -1.04. The lowest BCUT2D eigenvalue weighted by molar-refractivity contribution is -0.139. The molecule has 1 atom stereocenters. The van der Waals surface area contributed by atoms with Crippen LogP contribution in [-0.2, 0) is 4.79 Å². The van der Waals surface area contributed by atoms with Crippen molar-refractivity contribution in [1.29, 1.82) is 0 Å². The van der Waals surface area contributed by atoms with E-state index in [1.807, 2.05) is 6.26 Å². The molecule has 6 heteroatoms. The third-order valence-electron chi connectivity index (χ3n) is 3.26. The van der Waals surface area contributed by atoms with E-state index in [-0.39, 0.29) is 6.04 Å². The number of nitrogens with one attached hydrogen (secondary N) is 1. The first-order chi connectivity index (χ1) is 8.06. The lowest BCUT2D eigenvalue weighted by Gasteiger charge is -2.17. The summed E-state index contributed by atoms with van der Waals surface area (Å²) in [5.74, 6) is -0.466. The van der Waals surface area contributed by atoms with Gasteiger partial charge in [-0.3, -0.25) is 4.99 Å². The molecule has 17 heavy (non-hydrogen) atoms. The van der Waals surface area contributed by atoms with Gasteiger partial charge in [0.05, 0.1) is 6.04 Å². The zero-order valence-corrected chi connectivity index (χ0v) is 10.9. The van der Waals surface area contributed by atoms with Gasteiger partial charge in [-0.05, 0) is 26.0 Å². The van der Waals surface area contributed by atoms with Crippen LogP contribution in [0.2, 0.25) is 0 Å². The Labute approximate surface area is 105 Å². The molecule has 1 fully saturated rings. The SMILES string of the molecule is CSC1=NC(C)(C(=O)O)C(=NC2CCCC2)N1. The molecule has 94 valence electrons. The van der Waals surface area contributed by atoms with Crippen molar-refractivity contribution in [3.05, 3.63) is 0 Å². The van der Waals surface area contributed by atoms with E-state index in [9.17, 15) is 9.90 Å². The van der Waals surface area contributed by atoms with Gasteiger partial charge in [0, 0.05) is 0 Å². The van der Waals surface area contributed by atoms with Crippen molar-refractivity contribution in [2.24, 2.45) is 9.98 Å². The van der Waals surface area contributed by atoms with E-state index in [0.717, 1.165) is 12.8 Å². The van der Waals surface area contributed by atoms with Gasteiger partial charge >= 0.3 is 5.97 Å². The fourth-order valence-electron chi connectivity index (χ4n) is 2.13. The first kappa shape index (κ1) is 12.4. The molecule has 0 radical (unpaired) electrons. The highest BCUT2D eigenvalue weighted by molar-refractivity contribution is 8.13. The molecule has 0 aromatic heterocycles. The number of hydrogen-bond donors (Lipinski definition) is 2. The number of carboxylic acids is 1. The number of thioether (sulfide) groups is 1. The fraction of sp³-hybridized carbons (Fsp3) is 0.727. The van der Waals surface area contributed by atoms with E-state index in [4.69, 9.17) is 0 Å². The molecule has 0 aromatic carbocycles. The summed E-state index contributed by atoms with van der Waals surface area (Å²) in [4.78, 5) is 20.1. The Bertz CT molecular complexity index is 388. The maximum atomic E-state index is 11.3. The zero-order valence-electron chi connectivity index (χ0n) is 10.1. The second-order valence-electron chi connectivity index (χ2n) is 4.54. The van der Waals surface area contributed by atoms with Gasteiger partial charge in [-0.15, -0.1) is 0 Å². The molecular weight excluding hydrogens is 238 g/mol. The third kappa shape index (κ3) is 2.31. The Morgan fingerprint density at radius 3 is 2.76 bits per heavy atom. The number of aliphatic imine (C=N–C) groups is 2. The largest absolute Gasteiger partial charge is 0.479 e. The van der Waals surface area contributed by atoms with E-state index in [1.54, 1.807) is 6.92 Å². The van der Waals surface area contributed by atoms with E-state index >= 15 is 0 Å². The van der Waals surface area contributed by atoms with Crippen LogP contribution in [-0.4, -0.2) is 39.9 Å². The fourth-order valence-corrected chi connectivity index (χ4v) is 2.60. The van der Waals surface area contributed by atoms with Crippen molar-refractivity contribution >= 4 is 28.7 Å². The Morgan fingerprint density at radius 2 is 2.24 bits per heavy atom. The molecule has 0 bridgehead atoms. The standard InChI is InChI=1S/C11H17N3O2S/c1-11(9(15)16)8(13-10(14-11)17-2)12-7-5-3-4-6-7/h7H,3-6H2,1-2H3,(H,15,16)(H,12,13,14). The highest BCUT2D eigenvalue weighted by atomic mass is 32.2. The van der Waals surface area contributed by atoms with Crippen LogP contribution in [0.5, 0.6) is 0 Å². The van der Waals surface area contributed by atoms with Crippen LogP contribution < -0.4 is 5.32 Å². The Morgan fingerprint density at radius 1 is 1.59 bits per heavy atom. The third-order valence-corrected chi connectivity index (χ3v) is 3.84. The van der Waals surface area contributed by atoms with Crippen LogP contribution in [0, 0.1) is 0 Å². The first-order valence-corrected chi connectivity index (χ1v) is 7.01. The summed E-state index contributed by atoms with van der Waals surface area (Å²) in [6.07, 6.45) is 6.33. The minimum absolute atomic E-state index is 0.257. The van der Waals surface area contributed by atoms with E-state index in [2.05, 4.69) is 15.3 Å². The molecule has 1 aliphatic heterocycles. The molecule has 0 aromatic rings. The quantitative estimate of drug-likeness (QED) is 0.784. The predicted molar refractivity (Wildman–Crippen MR) is 69.8 cm³/mol. The zero-order chi connectivity index (χ0) is 12.5. The minimum atomic E-state index is -1.24. The molecule has 0 saturated heterocycles. The van der Waals surface area contributed by atoms with Crippen LogP contribution in [0.1, 0.15) is 32.6 Å². The molecule has 1 heterocycles. The molecule has 2 N–H and O–H groups in total. The van der Waals surface area contributed by atoms with E-state index in [1.165, 1.54) is 24.6 Å². The molecule has 0 amide bonds. The van der Waals surface area contributed by atoms with Crippen LogP contribution in [0.15, 0.2) is 9.98 Å². The van der Waals surface area contributed by atoms with Gasteiger partial charge in [0.15, 0.2) is 5.17 Å². The average Bonchev–Trinajstić information content (AvgIpc) is 2.89. The van der Waals surface area contributed by atoms with E-state index < -0.39 is 11.5 Å². The second-order valence-corrected chi connectivity index (χ2v) is 5.33. The van der Waals surface area contributed by atoms with Crippen molar-refractivity contribution < 1.29 is 9.90 Å². The van der Waals surface area contributed by atoms with Gasteiger partial charge in [-0.25, -0.2) is 9.79 Å². The van der Waals surface area contributed by atoms with Crippen LogP contribution in [0.4, 0.5) is 0 Å². The second kappa shape index (κ2) is 4.68. The van der Waals surface area contributed by atoms with Crippen LogP contribution in [0.25, 0.3) is 0 Å². The lowest BCUT2D eigenvalue weighted by Crippen LogP contribution is -2.44. The highest BCUT2D eigenvalue weighted by Crippen LogP contribution is 2.26. The summed E-state index contributed by atoms with van der Waals surface area (Å²) in [5.41, 5.74) is -1.24. The molecule has 0 spiro atoms. The van der Waals surface area contributed by atoms with Crippen molar-refractivity contribution in [3.8, 4) is 0 Å². The Balaban J connectivity index is 2.25. The smallest absolute Gasteiger partial charge is 0.339 e. The molecular formula is C11H17N3O2S. The molecule has 1 unspecified atom stereocenters. The molecule has 1 saturated carbocycles. The van der Waals surface area contributed by atoms with Crippen molar-refractivity contribution in [2.45, 2.75) is 44.2 Å². The Kier molecular flexibility index (Phi) is 3.42. The summed E-state index contributed by atoms with van der Waals surface area (Å²) < 4.78 is 0. The van der Waals surface area contributed by atoms with Crippen LogP contribution in [0.3, 0.4) is 0 Å². The number of carbonyl (C=O) groups is 1. The maximum Gasteiger partial charge on any atom is 0.339 e. The first-order valence-electron chi connectivity index (χ1n) is 5.79. The summed E-state index contributed by atoms with van der Waals surface area (Å²) >= 11 is 1.41. The molecule has 2 rings (SSSR count). The normalized spacial score (nSPS) is 31.6. The van der Waals surface area contributed by atoms with Gasteiger partial charge < -0.3 is 10.4 Å². The molecule has 1 aliphatic carbocycles. The van der Waals surface area contributed by atoms with Gasteiger partial charge in [0.2, 0.25) is 5.54 Å². The van der Waals surface area contributed by atoms with Gasteiger partial charge in [0.1, 0.15) is 5.84 Å². The number of rotatable bonds is 2. The topological polar surface area (TPSA) is 74.0 Å². The lowest BCUT2D eigenvalue weighted by atomic mass is 10.0. The molecule has 2 aliphatic rings. The number of amidine groups is 2. The monoisotopic (exact) mass is 255 g/mol. The summed E-state index contributed by atoms with van der Waals surface area (Å²) in [7, 11) is 0. The minimum Gasteiger partial charge on any atom is -0.479 e. The molecule has 5 nitrogen and oxygen atoms in total. The van der Waals surface area contributed by atoms with E-state index in [0.29, 0.717) is 11.0 Å². The van der Waals surface area contributed by atoms with Gasteiger partial charge in [-0.1, -0.05) is 24.6 Å². The number of aliphatic carboxylic acids is 1.